The highest BCUT2D eigenvalue weighted by molar-refractivity contribution is 9.09. The quantitative estimate of drug-likeness (QED) is 0.238. The van der Waals surface area contributed by atoms with Crippen LogP contribution in [0.4, 0.5) is 0 Å². The van der Waals surface area contributed by atoms with E-state index < -0.39 is 0 Å². The number of hydrogen-bond acceptors (Lipinski definition) is 0. The number of hydrogen-bond donors (Lipinski definition) is 0. The molecule has 0 aliphatic heterocycles. The Morgan fingerprint density at radius 3 is 1.73 bits per heavy atom. The van der Waals surface area contributed by atoms with Gasteiger partial charge in [0.05, 0.1) is 20.6 Å². The maximum Gasteiger partial charge on any atom is 0.133 e. The summed E-state index contributed by atoms with van der Waals surface area (Å²) in [7, 11) is 4.58. The van der Waals surface area contributed by atoms with Crippen molar-refractivity contribution in [3.8, 4) is 0 Å². The third-order valence-corrected chi connectivity index (χ3v) is 4.30. The van der Waals surface area contributed by atoms with Crippen molar-refractivity contribution >= 4 is 15.9 Å². The SMILES string of the molecule is CCCCCCCCCC[N+](C)(C)CBr. The summed E-state index contributed by atoms with van der Waals surface area (Å²) in [5.74, 6) is 0. The summed E-state index contributed by atoms with van der Waals surface area (Å²) in [6.45, 7) is 3.58. The van der Waals surface area contributed by atoms with E-state index in [0.717, 1.165) is 9.94 Å². The maximum absolute atomic E-state index is 3.55. The first-order valence-corrected chi connectivity index (χ1v) is 7.62. The van der Waals surface area contributed by atoms with E-state index in [2.05, 4.69) is 36.9 Å². The highest BCUT2D eigenvalue weighted by Gasteiger charge is 2.10. The second kappa shape index (κ2) is 9.65. The Labute approximate surface area is 105 Å². The van der Waals surface area contributed by atoms with Gasteiger partial charge in [-0.15, -0.1) is 0 Å². The first-order valence-electron chi connectivity index (χ1n) is 6.50. The number of alkyl halides is 1. The van der Waals surface area contributed by atoms with Gasteiger partial charge in [-0.05, 0) is 28.8 Å². The largest absolute Gasteiger partial charge is 0.320 e. The van der Waals surface area contributed by atoms with Crippen LogP contribution in [0.5, 0.6) is 0 Å². The molecular formula is C13H29BrN+. The molecule has 0 heterocycles. The van der Waals surface area contributed by atoms with Crippen LogP contribution < -0.4 is 0 Å². The minimum Gasteiger partial charge on any atom is -0.320 e. The Morgan fingerprint density at radius 2 is 1.27 bits per heavy atom. The monoisotopic (exact) mass is 278 g/mol. The van der Waals surface area contributed by atoms with Gasteiger partial charge in [-0.2, -0.15) is 0 Å². The van der Waals surface area contributed by atoms with Crippen molar-refractivity contribution in [3.63, 3.8) is 0 Å². The molecule has 0 aromatic heterocycles. The molecule has 0 fully saturated rings. The molecule has 0 atom stereocenters. The Morgan fingerprint density at radius 1 is 0.800 bits per heavy atom. The number of quaternary nitrogens is 1. The molecule has 2 heteroatoms. The van der Waals surface area contributed by atoms with Crippen LogP contribution in [0.2, 0.25) is 0 Å². The standard InChI is InChI=1S/C13H29BrN/c1-4-5-6-7-8-9-10-11-12-15(2,3)13-14/h4-13H2,1-3H3/q+1. The van der Waals surface area contributed by atoms with Crippen molar-refractivity contribution in [3.05, 3.63) is 0 Å². The van der Waals surface area contributed by atoms with Crippen LogP contribution in [0.1, 0.15) is 58.3 Å². The van der Waals surface area contributed by atoms with Crippen LogP contribution >= 0.6 is 15.9 Å². The van der Waals surface area contributed by atoms with Crippen molar-refractivity contribution in [1.29, 1.82) is 0 Å². The molecule has 0 aromatic carbocycles. The fourth-order valence-electron chi connectivity index (χ4n) is 1.73. The molecule has 0 spiro atoms. The second-order valence-electron chi connectivity index (χ2n) is 5.25. The van der Waals surface area contributed by atoms with Crippen molar-refractivity contribution in [2.24, 2.45) is 0 Å². The van der Waals surface area contributed by atoms with Gasteiger partial charge >= 0.3 is 0 Å². The maximum atomic E-state index is 3.55. The van der Waals surface area contributed by atoms with Crippen LogP contribution in [0.25, 0.3) is 0 Å². The van der Waals surface area contributed by atoms with E-state index in [1.807, 2.05) is 0 Å². The van der Waals surface area contributed by atoms with Gasteiger partial charge in [-0.3, -0.25) is 0 Å². The number of rotatable bonds is 10. The number of halogens is 1. The Hall–Kier alpha value is 0.440. The van der Waals surface area contributed by atoms with E-state index in [1.54, 1.807) is 0 Å². The predicted molar refractivity (Wildman–Crippen MR) is 73.4 cm³/mol. The molecule has 0 N–H and O–H groups in total. The van der Waals surface area contributed by atoms with Gasteiger partial charge in [0.15, 0.2) is 0 Å². The van der Waals surface area contributed by atoms with Crippen LogP contribution in [0, 0.1) is 0 Å². The van der Waals surface area contributed by atoms with Gasteiger partial charge < -0.3 is 4.48 Å². The molecule has 0 aliphatic rings. The summed E-state index contributed by atoms with van der Waals surface area (Å²) in [6, 6.07) is 0. The third kappa shape index (κ3) is 10.7. The first-order chi connectivity index (χ1) is 7.12. The lowest BCUT2D eigenvalue weighted by molar-refractivity contribution is -0.876. The summed E-state index contributed by atoms with van der Waals surface area (Å²) in [5.41, 5.74) is 1.07. The van der Waals surface area contributed by atoms with Gasteiger partial charge in [0.25, 0.3) is 0 Å². The summed E-state index contributed by atoms with van der Waals surface area (Å²) in [5, 5.41) is 0. The van der Waals surface area contributed by atoms with Crippen LogP contribution in [-0.2, 0) is 0 Å². The molecule has 0 amide bonds. The van der Waals surface area contributed by atoms with Gasteiger partial charge in [-0.1, -0.05) is 45.4 Å². The lowest BCUT2D eigenvalue weighted by Crippen LogP contribution is -2.38. The minimum atomic E-state index is 1.07. The van der Waals surface area contributed by atoms with E-state index in [0.29, 0.717) is 0 Å². The zero-order valence-corrected chi connectivity index (χ0v) is 12.5. The van der Waals surface area contributed by atoms with Crippen LogP contribution in [0.15, 0.2) is 0 Å². The zero-order chi connectivity index (χ0) is 11.6. The number of unbranched alkanes of at least 4 members (excludes halogenated alkanes) is 7. The molecule has 0 bridgehead atoms. The lowest BCUT2D eigenvalue weighted by atomic mass is 10.1. The molecule has 0 aromatic rings. The zero-order valence-electron chi connectivity index (χ0n) is 10.9. The van der Waals surface area contributed by atoms with E-state index in [9.17, 15) is 0 Å². The Bertz CT molecular complexity index is 134. The average Bonchev–Trinajstić information content (AvgIpc) is 2.22. The van der Waals surface area contributed by atoms with Gasteiger partial charge in [-0.25, -0.2) is 0 Å². The third-order valence-electron chi connectivity index (χ3n) is 2.94. The molecule has 0 saturated carbocycles. The normalized spacial score (nSPS) is 12.0. The molecule has 0 rings (SSSR count). The molecule has 0 aliphatic carbocycles. The minimum absolute atomic E-state index is 1.07. The van der Waals surface area contributed by atoms with Crippen molar-refractivity contribution < 1.29 is 4.48 Å². The fraction of sp³-hybridized carbons (Fsp3) is 1.00. The van der Waals surface area contributed by atoms with Gasteiger partial charge in [0.1, 0.15) is 5.45 Å². The Balaban J connectivity index is 3.11. The molecule has 0 radical (unpaired) electrons. The molecule has 0 saturated heterocycles. The van der Waals surface area contributed by atoms with Gasteiger partial charge in [0, 0.05) is 0 Å². The molecule has 1 nitrogen and oxygen atoms in total. The topological polar surface area (TPSA) is 0 Å². The summed E-state index contributed by atoms with van der Waals surface area (Å²) in [6.07, 6.45) is 11.4. The van der Waals surface area contributed by atoms with Crippen molar-refractivity contribution in [2.45, 2.75) is 58.3 Å². The molecule has 0 unspecified atom stereocenters. The van der Waals surface area contributed by atoms with Gasteiger partial charge in [0.2, 0.25) is 0 Å². The number of nitrogens with zero attached hydrogens (tertiary/aromatic N) is 1. The fourth-order valence-corrected chi connectivity index (χ4v) is 1.98. The van der Waals surface area contributed by atoms with Crippen LogP contribution in [-0.4, -0.2) is 30.6 Å². The van der Waals surface area contributed by atoms with Crippen LogP contribution in [0.3, 0.4) is 0 Å². The summed E-state index contributed by atoms with van der Waals surface area (Å²) in [4.78, 5) is 0. The van der Waals surface area contributed by atoms with E-state index in [4.69, 9.17) is 0 Å². The lowest BCUT2D eigenvalue weighted by Gasteiger charge is -2.26. The average molecular weight is 279 g/mol. The molecule has 92 valence electrons. The highest BCUT2D eigenvalue weighted by atomic mass is 79.9. The Kier molecular flexibility index (Phi) is 9.93. The van der Waals surface area contributed by atoms with Crippen molar-refractivity contribution in [2.75, 3.05) is 26.1 Å². The molecule has 15 heavy (non-hydrogen) atoms. The van der Waals surface area contributed by atoms with E-state index in [1.165, 1.54) is 57.9 Å². The predicted octanol–water partition coefficient (Wildman–Crippen LogP) is 4.56. The van der Waals surface area contributed by atoms with E-state index >= 15 is 0 Å². The smallest absolute Gasteiger partial charge is 0.133 e. The van der Waals surface area contributed by atoms with Crippen molar-refractivity contribution in [1.82, 2.24) is 0 Å². The highest BCUT2D eigenvalue weighted by Crippen LogP contribution is 2.10. The van der Waals surface area contributed by atoms with E-state index in [-0.39, 0.29) is 0 Å². The molecular weight excluding hydrogens is 250 g/mol. The summed E-state index contributed by atoms with van der Waals surface area (Å²) >= 11 is 3.55. The first kappa shape index (κ1) is 15.4. The summed E-state index contributed by atoms with van der Waals surface area (Å²) < 4.78 is 1.11. The second-order valence-corrected chi connectivity index (χ2v) is 5.76.